The highest BCUT2D eigenvalue weighted by molar-refractivity contribution is 8.00. The van der Waals surface area contributed by atoms with Crippen molar-refractivity contribution in [1.29, 1.82) is 0 Å². The number of pyridine rings is 1. The van der Waals surface area contributed by atoms with Crippen molar-refractivity contribution in [1.82, 2.24) is 14.2 Å². The first-order valence-electron chi connectivity index (χ1n) is 10.1. The fourth-order valence-corrected chi connectivity index (χ4v) is 6.13. The van der Waals surface area contributed by atoms with Crippen molar-refractivity contribution in [3.8, 4) is 0 Å². The van der Waals surface area contributed by atoms with Gasteiger partial charge in [-0.2, -0.15) is 4.31 Å². The third kappa shape index (κ3) is 4.69. The predicted molar refractivity (Wildman–Crippen MR) is 115 cm³/mol. The molecule has 2 fully saturated rings. The van der Waals surface area contributed by atoms with Gasteiger partial charge in [-0.1, -0.05) is 42.1 Å². The molecule has 0 aliphatic carbocycles. The second kappa shape index (κ2) is 9.47. The van der Waals surface area contributed by atoms with E-state index < -0.39 is 15.3 Å². The van der Waals surface area contributed by atoms with Gasteiger partial charge in [0.1, 0.15) is 10.1 Å². The number of sulfonamides is 1. The number of rotatable bonds is 6. The second-order valence-electron chi connectivity index (χ2n) is 7.29. The van der Waals surface area contributed by atoms with Crippen LogP contribution in [0, 0.1) is 0 Å². The Morgan fingerprint density at radius 2 is 1.70 bits per heavy atom. The molecular weight excluding hydrogens is 422 g/mol. The molecule has 2 aliphatic rings. The number of nitrogens with zero attached hydrogens (tertiary/aromatic N) is 3. The van der Waals surface area contributed by atoms with Crippen LogP contribution in [0.15, 0.2) is 58.6 Å². The molecule has 1 aromatic heterocycles. The van der Waals surface area contributed by atoms with E-state index >= 15 is 0 Å². The number of aromatic nitrogens is 1. The number of thioether (sulfide) groups is 1. The summed E-state index contributed by atoms with van der Waals surface area (Å²) in [5.41, 5.74) is 0.898. The maximum absolute atomic E-state index is 13.2. The molecule has 0 saturated carbocycles. The minimum atomic E-state index is -3.50. The minimum absolute atomic E-state index is 0.0186. The first kappa shape index (κ1) is 21.3. The van der Waals surface area contributed by atoms with Gasteiger partial charge < -0.3 is 9.64 Å². The van der Waals surface area contributed by atoms with Gasteiger partial charge in [0, 0.05) is 32.4 Å². The maximum atomic E-state index is 13.2. The number of carbonyl (C=O) groups is 1. The highest BCUT2D eigenvalue weighted by Crippen LogP contribution is 2.36. The van der Waals surface area contributed by atoms with Gasteiger partial charge in [-0.05, 0) is 30.5 Å². The van der Waals surface area contributed by atoms with E-state index in [1.54, 1.807) is 12.1 Å². The Hall–Kier alpha value is -1.94. The zero-order chi connectivity index (χ0) is 21.0. The van der Waals surface area contributed by atoms with Crippen molar-refractivity contribution in [2.24, 2.45) is 0 Å². The minimum Gasteiger partial charge on any atom is -0.378 e. The molecule has 1 atom stereocenters. The molecule has 7 nitrogen and oxygen atoms in total. The average Bonchev–Trinajstić information content (AvgIpc) is 3.35. The number of hydrogen-bond donors (Lipinski definition) is 0. The molecule has 1 amide bonds. The zero-order valence-corrected chi connectivity index (χ0v) is 18.3. The second-order valence-corrected chi connectivity index (χ2v) is 10.4. The lowest BCUT2D eigenvalue weighted by Crippen LogP contribution is -2.42. The summed E-state index contributed by atoms with van der Waals surface area (Å²) in [6.45, 7) is 3.34. The molecule has 0 radical (unpaired) electrons. The summed E-state index contributed by atoms with van der Waals surface area (Å²) in [4.78, 5) is 19.6. The molecule has 0 bridgehead atoms. The molecule has 160 valence electrons. The van der Waals surface area contributed by atoms with E-state index in [2.05, 4.69) is 4.98 Å². The van der Waals surface area contributed by atoms with Gasteiger partial charge in [0.2, 0.25) is 15.9 Å². The van der Waals surface area contributed by atoms with E-state index in [9.17, 15) is 13.2 Å². The van der Waals surface area contributed by atoms with Crippen LogP contribution in [-0.2, 0) is 19.6 Å². The number of ether oxygens (including phenoxy) is 1. The average molecular weight is 448 g/mol. The van der Waals surface area contributed by atoms with Crippen molar-refractivity contribution < 1.29 is 17.9 Å². The first-order chi connectivity index (χ1) is 14.6. The van der Waals surface area contributed by atoms with Gasteiger partial charge in [0.25, 0.3) is 0 Å². The predicted octanol–water partition coefficient (Wildman–Crippen LogP) is 2.56. The molecule has 9 heteroatoms. The molecule has 30 heavy (non-hydrogen) atoms. The van der Waals surface area contributed by atoms with E-state index in [0.29, 0.717) is 44.4 Å². The van der Waals surface area contributed by atoms with Crippen molar-refractivity contribution >= 4 is 27.7 Å². The molecule has 0 N–H and O–H groups in total. The standard InChI is InChI=1S/C21H25N3O4S2/c25-21(23-12-14-28-15-13-23)20(17-6-2-1-3-7-17)29-19-9-8-18(16-22-19)30(26,27)24-10-4-5-11-24/h1-3,6-9,16,20H,4-5,10-15H2/t20-/m0/s1. The van der Waals surface area contributed by atoms with Crippen molar-refractivity contribution in [3.05, 3.63) is 54.2 Å². The van der Waals surface area contributed by atoms with Gasteiger partial charge >= 0.3 is 0 Å². The number of benzene rings is 1. The molecule has 2 aliphatic heterocycles. The Bertz CT molecular complexity index is 956. The summed E-state index contributed by atoms with van der Waals surface area (Å²) in [5.74, 6) is 0.0186. The van der Waals surface area contributed by atoms with Gasteiger partial charge in [0.15, 0.2) is 0 Å². The monoisotopic (exact) mass is 447 g/mol. The molecule has 0 spiro atoms. The quantitative estimate of drug-likeness (QED) is 0.633. The van der Waals surface area contributed by atoms with E-state index in [0.717, 1.165) is 18.4 Å². The van der Waals surface area contributed by atoms with E-state index in [1.807, 2.05) is 35.2 Å². The zero-order valence-electron chi connectivity index (χ0n) is 16.6. The Labute approximate surface area is 181 Å². The normalized spacial score (nSPS) is 19.0. The Morgan fingerprint density at radius 1 is 1.00 bits per heavy atom. The van der Waals surface area contributed by atoms with Gasteiger partial charge in [-0.3, -0.25) is 4.79 Å². The van der Waals surface area contributed by atoms with Gasteiger partial charge in [-0.25, -0.2) is 13.4 Å². The van der Waals surface area contributed by atoms with Crippen molar-refractivity contribution in [2.75, 3.05) is 39.4 Å². The lowest BCUT2D eigenvalue weighted by molar-refractivity contribution is -0.134. The van der Waals surface area contributed by atoms with E-state index in [1.165, 1.54) is 22.3 Å². The summed E-state index contributed by atoms with van der Waals surface area (Å²) in [6, 6.07) is 12.9. The Morgan fingerprint density at radius 3 is 2.33 bits per heavy atom. The van der Waals surface area contributed by atoms with Crippen LogP contribution in [0.3, 0.4) is 0 Å². The van der Waals surface area contributed by atoms with Crippen LogP contribution in [-0.4, -0.2) is 67.9 Å². The van der Waals surface area contributed by atoms with Crippen molar-refractivity contribution in [3.63, 3.8) is 0 Å². The fourth-order valence-electron chi connectivity index (χ4n) is 3.63. The highest BCUT2D eigenvalue weighted by Gasteiger charge is 2.30. The van der Waals surface area contributed by atoms with Crippen LogP contribution in [0.1, 0.15) is 23.7 Å². The Kier molecular flexibility index (Phi) is 6.72. The topological polar surface area (TPSA) is 79.8 Å². The smallest absolute Gasteiger partial charge is 0.244 e. The summed E-state index contributed by atoms with van der Waals surface area (Å²) in [6.07, 6.45) is 3.18. The summed E-state index contributed by atoms with van der Waals surface area (Å²) in [7, 11) is -3.50. The van der Waals surface area contributed by atoms with Crippen LogP contribution in [0.4, 0.5) is 0 Å². The van der Waals surface area contributed by atoms with Crippen LogP contribution in [0.2, 0.25) is 0 Å². The summed E-state index contributed by atoms with van der Waals surface area (Å²) < 4.78 is 32.3. The number of hydrogen-bond acceptors (Lipinski definition) is 6. The first-order valence-corrected chi connectivity index (χ1v) is 12.4. The van der Waals surface area contributed by atoms with Gasteiger partial charge in [-0.15, -0.1) is 0 Å². The third-order valence-corrected chi connectivity index (χ3v) is 8.37. The largest absolute Gasteiger partial charge is 0.378 e. The lowest BCUT2D eigenvalue weighted by Gasteiger charge is -2.30. The molecule has 4 rings (SSSR count). The van der Waals surface area contributed by atoms with Crippen molar-refractivity contribution in [2.45, 2.75) is 28.0 Å². The van der Waals surface area contributed by atoms with Crippen LogP contribution in [0.25, 0.3) is 0 Å². The van der Waals surface area contributed by atoms with Gasteiger partial charge in [0.05, 0.1) is 18.2 Å². The Balaban J connectivity index is 1.54. The number of amides is 1. The van der Waals surface area contributed by atoms with E-state index in [4.69, 9.17) is 4.74 Å². The molecule has 3 heterocycles. The maximum Gasteiger partial charge on any atom is 0.244 e. The van der Waals surface area contributed by atoms with Crippen LogP contribution in [0.5, 0.6) is 0 Å². The summed E-state index contributed by atoms with van der Waals surface area (Å²) in [5, 5.41) is 0.170. The SMILES string of the molecule is O=C([C@@H](Sc1ccc(S(=O)(=O)N2CCCC2)cn1)c1ccccc1)N1CCOCC1. The third-order valence-electron chi connectivity index (χ3n) is 5.30. The lowest BCUT2D eigenvalue weighted by atomic mass is 10.1. The molecule has 0 unspecified atom stereocenters. The number of morpholine rings is 1. The van der Waals surface area contributed by atoms with E-state index in [-0.39, 0.29) is 10.8 Å². The highest BCUT2D eigenvalue weighted by atomic mass is 32.2. The molecule has 2 saturated heterocycles. The summed E-state index contributed by atoms with van der Waals surface area (Å²) >= 11 is 1.34. The fraction of sp³-hybridized carbons (Fsp3) is 0.429. The van der Waals surface area contributed by atoms with Crippen LogP contribution >= 0.6 is 11.8 Å². The number of carbonyl (C=O) groups excluding carboxylic acids is 1. The molecule has 2 aromatic rings. The molecular formula is C21H25N3O4S2. The van der Waals surface area contributed by atoms with Crippen LogP contribution < -0.4 is 0 Å². The molecule has 1 aromatic carbocycles.